The highest BCUT2D eigenvalue weighted by molar-refractivity contribution is 5.22. The smallest absolute Gasteiger partial charge is 0.0717 e. The first-order valence-corrected chi connectivity index (χ1v) is 5.99. The molecule has 0 unspecified atom stereocenters. The summed E-state index contributed by atoms with van der Waals surface area (Å²) >= 11 is 0. The standard InChI is InChI=1S/C14H24N2O/c1-14(2,16(3)4)11-17-10-13-7-5-6-12(8-13)9-15/h5-8H,9-11,15H2,1-4H3. The molecule has 96 valence electrons. The van der Waals surface area contributed by atoms with Gasteiger partial charge in [0.05, 0.1) is 13.2 Å². The predicted octanol–water partition coefficient (Wildman–Crippen LogP) is 2.00. The topological polar surface area (TPSA) is 38.5 Å². The molecule has 0 fully saturated rings. The van der Waals surface area contributed by atoms with Gasteiger partial charge in [0, 0.05) is 12.1 Å². The Balaban J connectivity index is 2.45. The maximum absolute atomic E-state index is 5.76. The summed E-state index contributed by atoms with van der Waals surface area (Å²) in [6.45, 7) is 6.28. The van der Waals surface area contributed by atoms with Gasteiger partial charge >= 0.3 is 0 Å². The summed E-state index contributed by atoms with van der Waals surface area (Å²) in [6.07, 6.45) is 0. The molecule has 0 aliphatic heterocycles. The van der Waals surface area contributed by atoms with Crippen LogP contribution in [-0.4, -0.2) is 31.1 Å². The van der Waals surface area contributed by atoms with Gasteiger partial charge in [-0.3, -0.25) is 0 Å². The van der Waals surface area contributed by atoms with Gasteiger partial charge in [-0.15, -0.1) is 0 Å². The molecule has 0 radical (unpaired) electrons. The summed E-state index contributed by atoms with van der Waals surface area (Å²) in [6, 6.07) is 8.23. The molecule has 0 saturated carbocycles. The van der Waals surface area contributed by atoms with Crippen molar-refractivity contribution in [2.45, 2.75) is 32.5 Å². The van der Waals surface area contributed by atoms with E-state index in [1.807, 2.05) is 12.1 Å². The van der Waals surface area contributed by atoms with E-state index in [2.05, 4.69) is 45.0 Å². The lowest BCUT2D eigenvalue weighted by molar-refractivity contribution is 0.0274. The number of nitrogens with two attached hydrogens (primary N) is 1. The molecule has 3 heteroatoms. The molecule has 0 atom stereocenters. The highest BCUT2D eigenvalue weighted by Gasteiger charge is 2.20. The molecule has 17 heavy (non-hydrogen) atoms. The second kappa shape index (κ2) is 6.15. The quantitative estimate of drug-likeness (QED) is 0.821. The second-order valence-electron chi connectivity index (χ2n) is 5.22. The van der Waals surface area contributed by atoms with Gasteiger partial charge in [-0.25, -0.2) is 0 Å². The molecule has 0 amide bonds. The maximum atomic E-state index is 5.76. The van der Waals surface area contributed by atoms with Crippen LogP contribution >= 0.6 is 0 Å². The van der Waals surface area contributed by atoms with Crippen molar-refractivity contribution in [1.82, 2.24) is 4.90 Å². The minimum absolute atomic E-state index is 0.0610. The van der Waals surface area contributed by atoms with Crippen LogP contribution in [0, 0.1) is 0 Å². The Bertz CT molecular complexity index is 348. The zero-order valence-electron chi connectivity index (χ0n) is 11.4. The first-order valence-electron chi connectivity index (χ1n) is 5.99. The number of rotatable bonds is 6. The molecule has 0 heterocycles. The largest absolute Gasteiger partial charge is 0.375 e. The molecular weight excluding hydrogens is 212 g/mol. The Labute approximate surface area is 105 Å². The van der Waals surface area contributed by atoms with Crippen LogP contribution in [-0.2, 0) is 17.9 Å². The van der Waals surface area contributed by atoms with Gasteiger partial charge in [0.15, 0.2) is 0 Å². The van der Waals surface area contributed by atoms with Crippen LogP contribution in [0.1, 0.15) is 25.0 Å². The van der Waals surface area contributed by atoms with Crippen LogP contribution in [0.2, 0.25) is 0 Å². The van der Waals surface area contributed by atoms with E-state index < -0.39 is 0 Å². The average molecular weight is 236 g/mol. The Morgan fingerprint density at radius 2 is 1.88 bits per heavy atom. The molecule has 1 rings (SSSR count). The fourth-order valence-corrected chi connectivity index (χ4v) is 1.39. The van der Waals surface area contributed by atoms with E-state index in [9.17, 15) is 0 Å². The van der Waals surface area contributed by atoms with E-state index in [1.165, 1.54) is 5.56 Å². The van der Waals surface area contributed by atoms with E-state index in [0.29, 0.717) is 19.8 Å². The van der Waals surface area contributed by atoms with Gasteiger partial charge in [-0.05, 0) is 39.1 Å². The van der Waals surface area contributed by atoms with E-state index in [0.717, 1.165) is 5.56 Å². The Hall–Kier alpha value is -0.900. The SMILES string of the molecule is CN(C)C(C)(C)COCc1cccc(CN)c1. The fraction of sp³-hybridized carbons (Fsp3) is 0.571. The molecule has 1 aromatic carbocycles. The summed E-state index contributed by atoms with van der Waals surface area (Å²) in [4.78, 5) is 2.17. The fourth-order valence-electron chi connectivity index (χ4n) is 1.39. The van der Waals surface area contributed by atoms with Crippen LogP contribution in [0.3, 0.4) is 0 Å². The highest BCUT2D eigenvalue weighted by Crippen LogP contribution is 2.12. The summed E-state index contributed by atoms with van der Waals surface area (Å²) in [5.74, 6) is 0. The van der Waals surface area contributed by atoms with Crippen molar-refractivity contribution in [2.75, 3.05) is 20.7 Å². The second-order valence-corrected chi connectivity index (χ2v) is 5.22. The Kier molecular flexibility index (Phi) is 5.12. The van der Waals surface area contributed by atoms with Crippen LogP contribution < -0.4 is 5.73 Å². The summed E-state index contributed by atoms with van der Waals surface area (Å²) in [5.41, 5.74) is 8.00. The first-order chi connectivity index (χ1) is 7.95. The van der Waals surface area contributed by atoms with Gasteiger partial charge in [0.2, 0.25) is 0 Å². The van der Waals surface area contributed by atoms with E-state index in [1.54, 1.807) is 0 Å². The third-order valence-electron chi connectivity index (χ3n) is 3.16. The van der Waals surface area contributed by atoms with Gasteiger partial charge in [-0.1, -0.05) is 24.3 Å². The number of ether oxygens (including phenoxy) is 1. The van der Waals surface area contributed by atoms with Crippen molar-refractivity contribution in [3.63, 3.8) is 0 Å². The van der Waals surface area contributed by atoms with Gasteiger partial charge < -0.3 is 15.4 Å². The van der Waals surface area contributed by atoms with E-state index in [4.69, 9.17) is 10.5 Å². The van der Waals surface area contributed by atoms with Gasteiger partial charge in [0.1, 0.15) is 0 Å². The molecule has 3 nitrogen and oxygen atoms in total. The lowest BCUT2D eigenvalue weighted by atomic mass is 10.1. The molecule has 2 N–H and O–H groups in total. The van der Waals surface area contributed by atoms with Gasteiger partial charge in [0.25, 0.3) is 0 Å². The normalized spacial score (nSPS) is 12.1. The first kappa shape index (κ1) is 14.2. The number of nitrogens with zero attached hydrogens (tertiary/aromatic N) is 1. The molecule has 0 bridgehead atoms. The van der Waals surface area contributed by atoms with Crippen molar-refractivity contribution in [3.8, 4) is 0 Å². The highest BCUT2D eigenvalue weighted by atomic mass is 16.5. The minimum atomic E-state index is 0.0610. The van der Waals surface area contributed by atoms with E-state index in [-0.39, 0.29) is 5.54 Å². The van der Waals surface area contributed by atoms with E-state index >= 15 is 0 Å². The molecule has 0 aromatic heterocycles. The molecular formula is C14H24N2O. The number of hydrogen-bond acceptors (Lipinski definition) is 3. The Morgan fingerprint density at radius 3 is 2.47 bits per heavy atom. The average Bonchev–Trinajstić information content (AvgIpc) is 2.29. The number of benzene rings is 1. The van der Waals surface area contributed by atoms with Gasteiger partial charge in [-0.2, -0.15) is 0 Å². The molecule has 0 aliphatic carbocycles. The van der Waals surface area contributed by atoms with Crippen LogP contribution in [0.5, 0.6) is 0 Å². The van der Waals surface area contributed by atoms with Crippen LogP contribution in [0.25, 0.3) is 0 Å². The zero-order chi connectivity index (χ0) is 12.9. The predicted molar refractivity (Wildman–Crippen MR) is 71.8 cm³/mol. The van der Waals surface area contributed by atoms with Crippen molar-refractivity contribution >= 4 is 0 Å². The molecule has 1 aromatic rings. The summed E-state index contributed by atoms with van der Waals surface area (Å²) in [5, 5.41) is 0. The third kappa shape index (κ3) is 4.46. The van der Waals surface area contributed by atoms with Crippen LogP contribution in [0.4, 0.5) is 0 Å². The maximum Gasteiger partial charge on any atom is 0.0717 e. The molecule has 0 aliphatic rings. The van der Waals surface area contributed by atoms with Crippen molar-refractivity contribution < 1.29 is 4.74 Å². The van der Waals surface area contributed by atoms with Crippen molar-refractivity contribution in [3.05, 3.63) is 35.4 Å². The lowest BCUT2D eigenvalue weighted by Crippen LogP contribution is -2.42. The third-order valence-corrected chi connectivity index (χ3v) is 3.16. The number of hydrogen-bond donors (Lipinski definition) is 1. The van der Waals surface area contributed by atoms with Crippen molar-refractivity contribution in [2.24, 2.45) is 5.73 Å². The number of likely N-dealkylation sites (N-methyl/N-ethyl adjacent to an activating group) is 1. The lowest BCUT2D eigenvalue weighted by Gasteiger charge is -2.32. The molecule has 0 spiro atoms. The van der Waals surface area contributed by atoms with Crippen LogP contribution in [0.15, 0.2) is 24.3 Å². The summed E-state index contributed by atoms with van der Waals surface area (Å²) < 4.78 is 5.76. The summed E-state index contributed by atoms with van der Waals surface area (Å²) in [7, 11) is 4.14. The minimum Gasteiger partial charge on any atom is -0.375 e. The molecule has 0 saturated heterocycles. The van der Waals surface area contributed by atoms with Crippen molar-refractivity contribution in [1.29, 1.82) is 0 Å². The zero-order valence-corrected chi connectivity index (χ0v) is 11.4. The Morgan fingerprint density at radius 1 is 1.24 bits per heavy atom. The monoisotopic (exact) mass is 236 g/mol.